The SMILES string of the molecule is CCCNc1ccc2nc(C)c(C)n2n1. The molecule has 2 aromatic rings. The van der Waals surface area contributed by atoms with Crippen LogP contribution in [0.25, 0.3) is 5.65 Å². The van der Waals surface area contributed by atoms with Crippen LogP contribution < -0.4 is 5.32 Å². The van der Waals surface area contributed by atoms with Crippen molar-refractivity contribution < 1.29 is 0 Å². The van der Waals surface area contributed by atoms with Gasteiger partial charge in [-0.3, -0.25) is 0 Å². The third-order valence-corrected chi connectivity index (χ3v) is 2.49. The zero-order chi connectivity index (χ0) is 10.8. The van der Waals surface area contributed by atoms with Crippen LogP contribution >= 0.6 is 0 Å². The second-order valence-electron chi connectivity index (χ2n) is 3.70. The van der Waals surface area contributed by atoms with Gasteiger partial charge in [-0.15, -0.1) is 5.10 Å². The second kappa shape index (κ2) is 3.88. The van der Waals surface area contributed by atoms with Crippen molar-refractivity contribution in [1.29, 1.82) is 0 Å². The van der Waals surface area contributed by atoms with Crippen LogP contribution in [0.1, 0.15) is 24.7 Å². The predicted molar refractivity (Wildman–Crippen MR) is 61.2 cm³/mol. The summed E-state index contributed by atoms with van der Waals surface area (Å²) >= 11 is 0. The summed E-state index contributed by atoms with van der Waals surface area (Å²) in [5.41, 5.74) is 3.05. The molecule has 15 heavy (non-hydrogen) atoms. The van der Waals surface area contributed by atoms with Crippen molar-refractivity contribution in [3.63, 3.8) is 0 Å². The topological polar surface area (TPSA) is 42.2 Å². The number of hydrogen-bond donors (Lipinski definition) is 1. The molecule has 2 aromatic heterocycles. The Balaban J connectivity index is 2.41. The van der Waals surface area contributed by atoms with E-state index in [0.717, 1.165) is 35.8 Å². The fourth-order valence-corrected chi connectivity index (χ4v) is 1.50. The van der Waals surface area contributed by atoms with Crippen molar-refractivity contribution in [2.24, 2.45) is 0 Å². The third-order valence-electron chi connectivity index (χ3n) is 2.49. The van der Waals surface area contributed by atoms with Gasteiger partial charge in [0, 0.05) is 6.54 Å². The number of aromatic nitrogens is 3. The summed E-state index contributed by atoms with van der Waals surface area (Å²) in [7, 11) is 0. The van der Waals surface area contributed by atoms with Crippen molar-refractivity contribution in [1.82, 2.24) is 14.6 Å². The van der Waals surface area contributed by atoms with Gasteiger partial charge < -0.3 is 5.32 Å². The summed E-state index contributed by atoms with van der Waals surface area (Å²) in [6.07, 6.45) is 1.10. The summed E-state index contributed by atoms with van der Waals surface area (Å²) in [5.74, 6) is 0.907. The average molecular weight is 204 g/mol. The minimum absolute atomic E-state index is 0.907. The molecule has 0 aromatic carbocycles. The number of aryl methyl sites for hydroxylation is 2. The number of fused-ring (bicyclic) bond motifs is 1. The Bertz CT molecular complexity index is 473. The van der Waals surface area contributed by atoms with Gasteiger partial charge in [0.05, 0.1) is 11.4 Å². The van der Waals surface area contributed by atoms with Crippen LogP contribution in [0.15, 0.2) is 12.1 Å². The molecule has 0 radical (unpaired) electrons. The molecule has 0 fully saturated rings. The highest BCUT2D eigenvalue weighted by Crippen LogP contribution is 2.11. The van der Waals surface area contributed by atoms with Gasteiger partial charge in [-0.25, -0.2) is 9.50 Å². The minimum atomic E-state index is 0.907. The van der Waals surface area contributed by atoms with Crippen molar-refractivity contribution >= 4 is 11.5 Å². The fourth-order valence-electron chi connectivity index (χ4n) is 1.50. The number of nitrogens with zero attached hydrogens (tertiary/aromatic N) is 3. The molecule has 0 bridgehead atoms. The van der Waals surface area contributed by atoms with Gasteiger partial charge in [0.25, 0.3) is 0 Å². The van der Waals surface area contributed by atoms with E-state index in [1.54, 1.807) is 0 Å². The monoisotopic (exact) mass is 204 g/mol. The van der Waals surface area contributed by atoms with Crippen LogP contribution in [0.3, 0.4) is 0 Å². The molecule has 4 heteroatoms. The van der Waals surface area contributed by atoms with Crippen LogP contribution in [0.4, 0.5) is 5.82 Å². The Labute approximate surface area is 89.3 Å². The van der Waals surface area contributed by atoms with E-state index >= 15 is 0 Å². The summed E-state index contributed by atoms with van der Waals surface area (Å²) < 4.78 is 1.88. The molecule has 4 nitrogen and oxygen atoms in total. The molecule has 0 aliphatic carbocycles. The van der Waals surface area contributed by atoms with Gasteiger partial charge in [0.2, 0.25) is 0 Å². The van der Waals surface area contributed by atoms with E-state index in [1.165, 1.54) is 0 Å². The van der Waals surface area contributed by atoms with Crippen LogP contribution in [0, 0.1) is 13.8 Å². The van der Waals surface area contributed by atoms with E-state index in [1.807, 2.05) is 30.5 Å². The summed E-state index contributed by atoms with van der Waals surface area (Å²) in [4.78, 5) is 4.41. The van der Waals surface area contributed by atoms with Crippen molar-refractivity contribution in [3.8, 4) is 0 Å². The van der Waals surface area contributed by atoms with E-state index in [0.29, 0.717) is 0 Å². The molecule has 2 rings (SSSR count). The number of imidazole rings is 1. The predicted octanol–water partition coefficient (Wildman–Crippen LogP) is 2.17. The highest BCUT2D eigenvalue weighted by molar-refractivity contribution is 5.46. The standard InChI is InChI=1S/C11H16N4/c1-4-7-12-10-5-6-11-13-8(2)9(3)15(11)14-10/h5-6H,4,7H2,1-3H3,(H,12,14). The summed E-state index contributed by atoms with van der Waals surface area (Å²) in [6, 6.07) is 3.96. The first-order chi connectivity index (χ1) is 7.22. The second-order valence-corrected chi connectivity index (χ2v) is 3.70. The molecular weight excluding hydrogens is 188 g/mol. The molecule has 0 atom stereocenters. The highest BCUT2D eigenvalue weighted by atomic mass is 15.3. The van der Waals surface area contributed by atoms with E-state index in [2.05, 4.69) is 22.3 Å². The van der Waals surface area contributed by atoms with E-state index in [4.69, 9.17) is 0 Å². The highest BCUT2D eigenvalue weighted by Gasteiger charge is 2.05. The zero-order valence-electron chi connectivity index (χ0n) is 9.41. The largest absolute Gasteiger partial charge is 0.369 e. The quantitative estimate of drug-likeness (QED) is 0.833. The normalized spacial score (nSPS) is 10.9. The maximum atomic E-state index is 4.48. The maximum absolute atomic E-state index is 4.48. The molecule has 1 N–H and O–H groups in total. The molecule has 0 unspecified atom stereocenters. The molecular formula is C11H16N4. The van der Waals surface area contributed by atoms with E-state index in [9.17, 15) is 0 Å². The van der Waals surface area contributed by atoms with Gasteiger partial charge >= 0.3 is 0 Å². The van der Waals surface area contributed by atoms with Crippen LogP contribution in [0.5, 0.6) is 0 Å². The molecule has 0 amide bonds. The number of anilines is 1. The Morgan fingerprint density at radius 2 is 2.13 bits per heavy atom. The van der Waals surface area contributed by atoms with Crippen molar-refractivity contribution in [2.75, 3.05) is 11.9 Å². The minimum Gasteiger partial charge on any atom is -0.369 e. The molecule has 0 spiro atoms. The van der Waals surface area contributed by atoms with Gasteiger partial charge in [-0.05, 0) is 32.4 Å². The first-order valence-electron chi connectivity index (χ1n) is 5.29. The van der Waals surface area contributed by atoms with Gasteiger partial charge in [-0.2, -0.15) is 0 Å². The van der Waals surface area contributed by atoms with Gasteiger partial charge in [-0.1, -0.05) is 6.92 Å². The number of hydrogen-bond acceptors (Lipinski definition) is 3. The third kappa shape index (κ3) is 1.79. The Morgan fingerprint density at radius 3 is 2.87 bits per heavy atom. The van der Waals surface area contributed by atoms with Crippen LogP contribution in [-0.2, 0) is 0 Å². The lowest BCUT2D eigenvalue weighted by Crippen LogP contribution is -2.05. The average Bonchev–Trinajstić information content (AvgIpc) is 2.52. The summed E-state index contributed by atoms with van der Waals surface area (Å²) in [6.45, 7) is 7.12. The lowest BCUT2D eigenvalue weighted by Gasteiger charge is -2.04. The Kier molecular flexibility index (Phi) is 2.58. The van der Waals surface area contributed by atoms with E-state index < -0.39 is 0 Å². The smallest absolute Gasteiger partial charge is 0.154 e. The molecule has 2 heterocycles. The zero-order valence-corrected chi connectivity index (χ0v) is 9.41. The number of nitrogens with one attached hydrogen (secondary N) is 1. The van der Waals surface area contributed by atoms with E-state index in [-0.39, 0.29) is 0 Å². The van der Waals surface area contributed by atoms with Crippen LogP contribution in [0.2, 0.25) is 0 Å². The summed E-state index contributed by atoms with van der Waals surface area (Å²) in [5, 5.41) is 7.74. The van der Waals surface area contributed by atoms with Crippen molar-refractivity contribution in [3.05, 3.63) is 23.5 Å². The molecule has 0 saturated heterocycles. The lowest BCUT2D eigenvalue weighted by molar-refractivity contribution is 0.879. The van der Waals surface area contributed by atoms with Crippen molar-refractivity contribution in [2.45, 2.75) is 27.2 Å². The molecule has 80 valence electrons. The molecule has 0 aliphatic heterocycles. The Hall–Kier alpha value is -1.58. The fraction of sp³-hybridized carbons (Fsp3) is 0.455. The van der Waals surface area contributed by atoms with Crippen LogP contribution in [-0.4, -0.2) is 21.1 Å². The lowest BCUT2D eigenvalue weighted by atomic mass is 10.4. The molecule has 0 aliphatic rings. The maximum Gasteiger partial charge on any atom is 0.154 e. The molecule has 0 saturated carbocycles. The Morgan fingerprint density at radius 1 is 1.33 bits per heavy atom. The first kappa shape index (κ1) is 9.96. The first-order valence-corrected chi connectivity index (χ1v) is 5.29. The number of rotatable bonds is 3. The van der Waals surface area contributed by atoms with Gasteiger partial charge in [0.15, 0.2) is 5.65 Å². The van der Waals surface area contributed by atoms with Gasteiger partial charge in [0.1, 0.15) is 5.82 Å².